The summed E-state index contributed by atoms with van der Waals surface area (Å²) in [6, 6.07) is 13.2. The summed E-state index contributed by atoms with van der Waals surface area (Å²) in [6.45, 7) is 1.64. The minimum atomic E-state index is -4.65. The van der Waals surface area contributed by atoms with Gasteiger partial charge in [-0.1, -0.05) is 18.2 Å². The lowest BCUT2D eigenvalue weighted by molar-refractivity contribution is -0.137. The van der Waals surface area contributed by atoms with Gasteiger partial charge in [-0.05, 0) is 48.9 Å². The number of alkyl halides is 3. The topological polar surface area (TPSA) is 107 Å². The standard InChI is InChI=1S/C26H24F3N7O/c1-30-25(37)17-4-2-3-5-20(17)34-22-13-23(32-14-19(22)26(27,28)29)33-16-6-7-21-18(12-16)24(36-35-21)15-8-10-31-11-9-15/h2-8,12-14,31H,9-11H2,1H3,(H,30,37)(H,35,36)(H2,32,33,34). The predicted octanol–water partition coefficient (Wildman–Crippen LogP) is 5.20. The highest BCUT2D eigenvalue weighted by atomic mass is 19.4. The van der Waals surface area contributed by atoms with E-state index in [0.717, 1.165) is 47.9 Å². The third-order valence-corrected chi connectivity index (χ3v) is 6.08. The van der Waals surface area contributed by atoms with E-state index in [4.69, 9.17) is 0 Å². The van der Waals surface area contributed by atoms with E-state index in [-0.39, 0.29) is 22.8 Å². The van der Waals surface area contributed by atoms with Gasteiger partial charge in [-0.25, -0.2) is 4.98 Å². The molecule has 0 atom stereocenters. The Kier molecular flexibility index (Phi) is 6.53. The molecular weight excluding hydrogens is 483 g/mol. The Bertz CT molecular complexity index is 1490. The lowest BCUT2D eigenvalue weighted by Gasteiger charge is -2.17. The van der Waals surface area contributed by atoms with Gasteiger partial charge >= 0.3 is 6.18 Å². The van der Waals surface area contributed by atoms with Crippen molar-refractivity contribution in [3.8, 4) is 0 Å². The van der Waals surface area contributed by atoms with Crippen LogP contribution in [0.4, 0.5) is 36.1 Å². The van der Waals surface area contributed by atoms with Gasteiger partial charge in [0.15, 0.2) is 0 Å². The molecule has 0 radical (unpaired) electrons. The average molecular weight is 508 g/mol. The summed E-state index contributed by atoms with van der Waals surface area (Å²) in [7, 11) is 1.46. The number of pyridine rings is 1. The smallest absolute Gasteiger partial charge is 0.355 e. The van der Waals surface area contributed by atoms with E-state index in [1.54, 1.807) is 24.3 Å². The number of hydrogen-bond donors (Lipinski definition) is 5. The zero-order valence-corrected chi connectivity index (χ0v) is 19.8. The van der Waals surface area contributed by atoms with Gasteiger partial charge in [0.1, 0.15) is 5.82 Å². The van der Waals surface area contributed by atoms with Crippen molar-refractivity contribution < 1.29 is 18.0 Å². The molecule has 190 valence electrons. The molecule has 0 unspecified atom stereocenters. The van der Waals surface area contributed by atoms with Crippen LogP contribution in [0.15, 0.2) is 60.8 Å². The molecule has 11 heteroatoms. The number of fused-ring (bicyclic) bond motifs is 1. The van der Waals surface area contributed by atoms with E-state index in [0.29, 0.717) is 5.69 Å². The normalized spacial score (nSPS) is 13.8. The second-order valence-electron chi connectivity index (χ2n) is 8.50. The fourth-order valence-corrected chi connectivity index (χ4v) is 4.24. The first-order valence-corrected chi connectivity index (χ1v) is 11.6. The van der Waals surface area contributed by atoms with Crippen molar-refractivity contribution in [2.75, 3.05) is 30.8 Å². The summed E-state index contributed by atoms with van der Waals surface area (Å²) in [5.74, 6) is -0.212. The highest BCUT2D eigenvalue weighted by Crippen LogP contribution is 2.38. The van der Waals surface area contributed by atoms with Crippen molar-refractivity contribution in [3.05, 3.63) is 77.6 Å². The van der Waals surface area contributed by atoms with Crippen molar-refractivity contribution in [3.63, 3.8) is 0 Å². The second kappa shape index (κ2) is 9.94. The number of rotatable bonds is 6. The van der Waals surface area contributed by atoms with Crippen molar-refractivity contribution in [1.29, 1.82) is 0 Å². The van der Waals surface area contributed by atoms with Crippen molar-refractivity contribution >= 4 is 45.3 Å². The van der Waals surface area contributed by atoms with Gasteiger partial charge in [0.05, 0.1) is 33.7 Å². The first-order chi connectivity index (χ1) is 17.8. The SMILES string of the molecule is CNC(=O)c1ccccc1Nc1cc(Nc2ccc3[nH]nc(C4=CCNCC4)c3c2)ncc1C(F)(F)F. The van der Waals surface area contributed by atoms with Crippen LogP contribution in [-0.2, 0) is 6.18 Å². The molecule has 1 aliphatic heterocycles. The predicted molar refractivity (Wildman–Crippen MR) is 137 cm³/mol. The minimum Gasteiger partial charge on any atom is -0.355 e. The third kappa shape index (κ3) is 5.12. The summed E-state index contributed by atoms with van der Waals surface area (Å²) < 4.78 is 41.4. The number of benzene rings is 2. The molecule has 0 saturated heterocycles. The number of aromatic nitrogens is 3. The number of para-hydroxylation sites is 1. The number of anilines is 4. The Hall–Kier alpha value is -4.38. The number of H-pyrrole nitrogens is 1. The summed E-state index contributed by atoms with van der Waals surface area (Å²) in [5.41, 5.74) is 2.77. The van der Waals surface area contributed by atoms with Gasteiger partial charge in [0.2, 0.25) is 0 Å². The zero-order valence-electron chi connectivity index (χ0n) is 19.8. The summed E-state index contributed by atoms with van der Waals surface area (Å²) in [4.78, 5) is 16.2. The summed E-state index contributed by atoms with van der Waals surface area (Å²) in [5, 5.41) is 20.1. The number of nitrogens with one attached hydrogen (secondary N) is 5. The van der Waals surface area contributed by atoms with Gasteiger partial charge in [0.25, 0.3) is 5.91 Å². The minimum absolute atomic E-state index is 0.207. The molecule has 5 rings (SSSR count). The lowest BCUT2D eigenvalue weighted by atomic mass is 10.0. The maximum absolute atomic E-state index is 13.8. The Morgan fingerprint density at radius 1 is 1.05 bits per heavy atom. The zero-order chi connectivity index (χ0) is 26.0. The number of hydrogen-bond acceptors (Lipinski definition) is 6. The van der Waals surface area contributed by atoms with Crippen LogP contribution in [0.2, 0.25) is 0 Å². The molecule has 0 saturated carbocycles. The number of carbonyl (C=O) groups excluding carboxylic acids is 1. The van der Waals surface area contributed by atoms with E-state index in [2.05, 4.69) is 42.5 Å². The molecule has 2 aromatic carbocycles. The number of amides is 1. The molecule has 0 fully saturated rings. The van der Waals surface area contributed by atoms with Crippen LogP contribution in [0, 0.1) is 0 Å². The quantitative estimate of drug-likeness (QED) is 0.246. The molecule has 37 heavy (non-hydrogen) atoms. The van der Waals surface area contributed by atoms with Crippen LogP contribution >= 0.6 is 0 Å². The molecule has 2 aromatic heterocycles. The van der Waals surface area contributed by atoms with Gasteiger partial charge in [0, 0.05) is 36.9 Å². The van der Waals surface area contributed by atoms with E-state index in [9.17, 15) is 18.0 Å². The van der Waals surface area contributed by atoms with Crippen molar-refractivity contribution in [1.82, 2.24) is 25.8 Å². The van der Waals surface area contributed by atoms with Crippen LogP contribution in [0.3, 0.4) is 0 Å². The molecule has 1 aliphatic rings. The van der Waals surface area contributed by atoms with Crippen molar-refractivity contribution in [2.24, 2.45) is 0 Å². The molecule has 1 amide bonds. The number of aromatic amines is 1. The van der Waals surface area contributed by atoms with E-state index in [1.807, 2.05) is 12.1 Å². The van der Waals surface area contributed by atoms with Crippen LogP contribution in [0.25, 0.3) is 16.5 Å². The Morgan fingerprint density at radius 3 is 2.65 bits per heavy atom. The monoisotopic (exact) mass is 507 g/mol. The molecule has 5 N–H and O–H groups in total. The van der Waals surface area contributed by atoms with Gasteiger partial charge in [-0.3, -0.25) is 9.89 Å². The molecule has 8 nitrogen and oxygen atoms in total. The average Bonchev–Trinajstić information content (AvgIpc) is 3.32. The molecular formula is C26H24F3N7O. The van der Waals surface area contributed by atoms with Crippen LogP contribution in [0.5, 0.6) is 0 Å². The fourth-order valence-electron chi connectivity index (χ4n) is 4.24. The molecule has 4 aromatic rings. The third-order valence-electron chi connectivity index (χ3n) is 6.08. The van der Waals surface area contributed by atoms with E-state index >= 15 is 0 Å². The van der Waals surface area contributed by atoms with E-state index in [1.165, 1.54) is 19.2 Å². The first-order valence-electron chi connectivity index (χ1n) is 11.6. The largest absolute Gasteiger partial charge is 0.419 e. The second-order valence-corrected chi connectivity index (χ2v) is 8.50. The highest BCUT2D eigenvalue weighted by molar-refractivity contribution is 6.00. The maximum Gasteiger partial charge on any atom is 0.419 e. The van der Waals surface area contributed by atoms with E-state index < -0.39 is 17.6 Å². The molecule has 3 heterocycles. The van der Waals surface area contributed by atoms with Crippen molar-refractivity contribution in [2.45, 2.75) is 12.6 Å². The Balaban J connectivity index is 1.49. The molecule has 0 spiro atoms. The lowest BCUT2D eigenvalue weighted by Crippen LogP contribution is -2.20. The van der Waals surface area contributed by atoms with Crippen LogP contribution < -0.4 is 21.3 Å². The summed E-state index contributed by atoms with van der Waals surface area (Å²) >= 11 is 0. The molecule has 0 bridgehead atoms. The number of halogens is 3. The first kappa shape index (κ1) is 24.3. The Morgan fingerprint density at radius 2 is 1.89 bits per heavy atom. The van der Waals surface area contributed by atoms with Gasteiger partial charge in [-0.2, -0.15) is 18.3 Å². The number of nitrogens with zero attached hydrogens (tertiary/aromatic N) is 2. The highest BCUT2D eigenvalue weighted by Gasteiger charge is 2.34. The van der Waals surface area contributed by atoms with Crippen LogP contribution in [0.1, 0.15) is 28.0 Å². The maximum atomic E-state index is 13.8. The number of carbonyl (C=O) groups is 1. The summed E-state index contributed by atoms with van der Waals surface area (Å²) in [6.07, 6.45) is -0.923. The van der Waals surface area contributed by atoms with Crippen LogP contribution in [-0.4, -0.2) is 41.2 Å². The Labute approximate surface area is 210 Å². The van der Waals surface area contributed by atoms with Gasteiger partial charge < -0.3 is 21.3 Å². The fraction of sp³-hybridized carbons (Fsp3) is 0.192. The molecule has 0 aliphatic carbocycles. The van der Waals surface area contributed by atoms with Gasteiger partial charge in [-0.15, -0.1) is 0 Å².